The number of hydrogen-bond acceptors (Lipinski definition) is 2. The van der Waals surface area contributed by atoms with E-state index in [0.29, 0.717) is 10.6 Å². The number of amides is 1. The lowest BCUT2D eigenvalue weighted by Gasteiger charge is -2.09. The number of rotatable bonds is 4. The monoisotopic (exact) mass is 477 g/mol. The van der Waals surface area contributed by atoms with Gasteiger partial charge in [-0.15, -0.1) is 0 Å². The average Bonchev–Trinajstić information content (AvgIpc) is 2.89. The summed E-state index contributed by atoms with van der Waals surface area (Å²) in [6.45, 7) is 4.08. The van der Waals surface area contributed by atoms with Gasteiger partial charge in [-0.1, -0.05) is 17.7 Å². The molecule has 0 aliphatic carbocycles. The molecule has 1 aromatic heterocycles. The van der Waals surface area contributed by atoms with E-state index < -0.39 is 0 Å². The molecular formula is C20H17ClIN3O. The second-order valence-corrected chi connectivity index (χ2v) is 7.53. The molecule has 0 saturated carbocycles. The van der Waals surface area contributed by atoms with Gasteiger partial charge >= 0.3 is 0 Å². The number of nitrogens with zero attached hydrogens (tertiary/aromatic N) is 2. The number of aryl methyl sites for hydroxylation is 1. The summed E-state index contributed by atoms with van der Waals surface area (Å²) in [5.74, 6) is -0.296. The van der Waals surface area contributed by atoms with Crippen LogP contribution in [0.2, 0.25) is 5.02 Å². The maximum atomic E-state index is 12.1. The van der Waals surface area contributed by atoms with E-state index in [0.717, 1.165) is 22.6 Å². The largest absolute Gasteiger partial charge is 0.318 e. The van der Waals surface area contributed by atoms with Gasteiger partial charge in [0.2, 0.25) is 0 Å². The molecule has 1 amide bonds. The van der Waals surface area contributed by atoms with Crippen LogP contribution in [0.1, 0.15) is 27.3 Å². The molecule has 1 N–H and O–H groups in total. The Morgan fingerprint density at radius 3 is 2.58 bits per heavy atom. The van der Waals surface area contributed by atoms with Crippen LogP contribution in [0, 0.1) is 17.4 Å². The van der Waals surface area contributed by atoms with E-state index in [4.69, 9.17) is 11.6 Å². The Morgan fingerprint density at radius 1 is 1.15 bits per heavy atom. The van der Waals surface area contributed by atoms with Crippen molar-refractivity contribution >= 4 is 46.3 Å². The summed E-state index contributed by atoms with van der Waals surface area (Å²) in [7, 11) is 0. The van der Waals surface area contributed by atoms with Gasteiger partial charge in [0.15, 0.2) is 0 Å². The minimum absolute atomic E-state index is 0.296. The van der Waals surface area contributed by atoms with Gasteiger partial charge < -0.3 is 4.57 Å². The lowest BCUT2D eigenvalue weighted by atomic mass is 10.2. The van der Waals surface area contributed by atoms with Crippen LogP contribution in [0.25, 0.3) is 5.69 Å². The molecule has 4 nitrogen and oxygen atoms in total. The zero-order valence-corrected chi connectivity index (χ0v) is 17.2. The summed E-state index contributed by atoms with van der Waals surface area (Å²) in [5.41, 5.74) is 7.22. The molecule has 3 aromatic rings. The van der Waals surface area contributed by atoms with E-state index in [2.05, 4.69) is 62.0 Å². The molecule has 0 saturated heterocycles. The van der Waals surface area contributed by atoms with Gasteiger partial charge in [-0.25, -0.2) is 5.43 Å². The van der Waals surface area contributed by atoms with Crippen molar-refractivity contribution in [2.24, 2.45) is 5.10 Å². The third-order valence-electron chi connectivity index (χ3n) is 4.01. The molecular weight excluding hydrogens is 461 g/mol. The molecule has 0 aliphatic heterocycles. The van der Waals surface area contributed by atoms with Gasteiger partial charge in [-0.2, -0.15) is 5.10 Å². The lowest BCUT2D eigenvalue weighted by molar-refractivity contribution is 0.0955. The molecule has 0 spiro atoms. The maximum absolute atomic E-state index is 12.1. The summed E-state index contributed by atoms with van der Waals surface area (Å²) < 4.78 is 3.36. The third-order valence-corrected chi connectivity index (χ3v) is 4.97. The molecule has 26 heavy (non-hydrogen) atoms. The topological polar surface area (TPSA) is 46.4 Å². The van der Waals surface area contributed by atoms with Crippen molar-refractivity contribution in [3.8, 4) is 5.69 Å². The molecule has 0 bridgehead atoms. The Balaban J connectivity index is 1.78. The van der Waals surface area contributed by atoms with Crippen LogP contribution < -0.4 is 5.43 Å². The number of aromatic nitrogens is 1. The van der Waals surface area contributed by atoms with Gasteiger partial charge in [0.25, 0.3) is 5.91 Å². The Morgan fingerprint density at radius 2 is 1.88 bits per heavy atom. The van der Waals surface area contributed by atoms with E-state index in [1.165, 1.54) is 3.57 Å². The highest BCUT2D eigenvalue weighted by molar-refractivity contribution is 14.1. The van der Waals surface area contributed by atoms with Crippen LogP contribution in [0.15, 0.2) is 59.7 Å². The number of carbonyl (C=O) groups excluding carboxylic acids is 1. The normalized spacial score (nSPS) is 11.1. The van der Waals surface area contributed by atoms with E-state index in [-0.39, 0.29) is 5.91 Å². The zero-order chi connectivity index (χ0) is 18.7. The van der Waals surface area contributed by atoms with Crippen molar-refractivity contribution in [2.45, 2.75) is 13.8 Å². The second kappa shape index (κ2) is 8.05. The Bertz CT molecular complexity index is 977. The van der Waals surface area contributed by atoms with Crippen LogP contribution in [0.4, 0.5) is 0 Å². The number of nitrogens with one attached hydrogen (secondary N) is 1. The van der Waals surface area contributed by atoms with Gasteiger partial charge in [0.05, 0.1) is 6.21 Å². The zero-order valence-electron chi connectivity index (χ0n) is 14.3. The number of hydrazone groups is 1. The highest BCUT2D eigenvalue weighted by Crippen LogP contribution is 2.20. The molecule has 0 unspecified atom stereocenters. The van der Waals surface area contributed by atoms with Crippen molar-refractivity contribution in [2.75, 3.05) is 0 Å². The summed E-state index contributed by atoms with van der Waals surface area (Å²) in [6.07, 6.45) is 1.66. The number of carbonyl (C=O) groups is 1. The third kappa shape index (κ3) is 4.16. The number of hydrogen-bond donors (Lipinski definition) is 1. The van der Waals surface area contributed by atoms with E-state index in [9.17, 15) is 4.79 Å². The second-order valence-electron chi connectivity index (χ2n) is 5.85. The Kier molecular flexibility index (Phi) is 5.78. The van der Waals surface area contributed by atoms with Gasteiger partial charge in [-0.05, 0) is 85.0 Å². The molecule has 0 radical (unpaired) electrons. The van der Waals surface area contributed by atoms with E-state index >= 15 is 0 Å². The first kappa shape index (κ1) is 18.7. The van der Waals surface area contributed by atoms with Crippen LogP contribution in [0.5, 0.6) is 0 Å². The van der Waals surface area contributed by atoms with Crippen LogP contribution in [0.3, 0.4) is 0 Å². The summed E-state index contributed by atoms with van der Waals surface area (Å²) in [4.78, 5) is 12.1. The first-order valence-corrected chi connectivity index (χ1v) is 9.45. The summed E-state index contributed by atoms with van der Waals surface area (Å²) >= 11 is 8.20. The summed E-state index contributed by atoms with van der Waals surface area (Å²) in [5, 5.41) is 4.60. The van der Waals surface area contributed by atoms with E-state index in [1.807, 2.05) is 19.9 Å². The Hall–Kier alpha value is -2.12. The number of halogens is 2. The fourth-order valence-electron chi connectivity index (χ4n) is 2.76. The highest BCUT2D eigenvalue weighted by atomic mass is 127. The molecule has 132 valence electrons. The molecule has 2 aromatic carbocycles. The predicted octanol–water partition coefficient (Wildman–Crippen LogP) is 5.12. The van der Waals surface area contributed by atoms with Crippen molar-refractivity contribution < 1.29 is 4.79 Å². The van der Waals surface area contributed by atoms with Crippen LogP contribution in [-0.2, 0) is 0 Å². The first-order valence-electron chi connectivity index (χ1n) is 7.99. The van der Waals surface area contributed by atoms with Crippen LogP contribution in [-0.4, -0.2) is 16.7 Å². The smallest absolute Gasteiger partial charge is 0.271 e. The van der Waals surface area contributed by atoms with Crippen molar-refractivity contribution in [3.05, 3.63) is 85.7 Å². The SMILES string of the molecule is Cc1cc(/C=N\NC(=O)c2cccc(Cl)c2)c(C)n1-c1ccc(I)cc1. The first-order chi connectivity index (χ1) is 12.5. The van der Waals surface area contributed by atoms with Gasteiger partial charge in [0, 0.05) is 36.8 Å². The predicted molar refractivity (Wildman–Crippen MR) is 114 cm³/mol. The van der Waals surface area contributed by atoms with Crippen LogP contribution >= 0.6 is 34.2 Å². The van der Waals surface area contributed by atoms with Crippen molar-refractivity contribution in [3.63, 3.8) is 0 Å². The van der Waals surface area contributed by atoms with Crippen molar-refractivity contribution in [1.29, 1.82) is 0 Å². The molecule has 0 fully saturated rings. The summed E-state index contributed by atoms with van der Waals surface area (Å²) in [6, 6.07) is 17.1. The molecule has 0 aliphatic rings. The van der Waals surface area contributed by atoms with Crippen molar-refractivity contribution in [1.82, 2.24) is 9.99 Å². The molecule has 1 heterocycles. The van der Waals surface area contributed by atoms with Gasteiger partial charge in [-0.3, -0.25) is 4.79 Å². The molecule has 0 atom stereocenters. The standard InChI is InChI=1S/C20H17ClIN3O/c1-13-10-16(14(2)25(13)19-8-6-18(22)7-9-19)12-23-24-20(26)15-4-3-5-17(21)11-15/h3-12H,1-2H3,(H,24,26)/b23-12-. The molecule has 3 rings (SSSR count). The lowest BCUT2D eigenvalue weighted by Crippen LogP contribution is -2.17. The maximum Gasteiger partial charge on any atom is 0.271 e. The Labute approximate surface area is 171 Å². The van der Waals surface area contributed by atoms with Gasteiger partial charge in [0.1, 0.15) is 0 Å². The average molecular weight is 478 g/mol. The quantitative estimate of drug-likeness (QED) is 0.317. The number of benzene rings is 2. The highest BCUT2D eigenvalue weighted by Gasteiger charge is 2.10. The minimum Gasteiger partial charge on any atom is -0.318 e. The fraction of sp³-hybridized carbons (Fsp3) is 0.100. The minimum atomic E-state index is -0.296. The molecule has 6 heteroatoms. The fourth-order valence-corrected chi connectivity index (χ4v) is 3.31. The van der Waals surface area contributed by atoms with E-state index in [1.54, 1.807) is 30.5 Å².